The fraction of sp³-hybridized carbons (Fsp3) is 0.143. The summed E-state index contributed by atoms with van der Waals surface area (Å²) in [5.41, 5.74) is 3.58. The van der Waals surface area contributed by atoms with Crippen LogP contribution in [0.3, 0.4) is 0 Å². The molecule has 0 spiro atoms. The van der Waals surface area contributed by atoms with Crippen molar-refractivity contribution in [3.8, 4) is 16.2 Å². The van der Waals surface area contributed by atoms with Crippen molar-refractivity contribution >= 4 is 67.8 Å². The fourth-order valence-electron chi connectivity index (χ4n) is 6.40. The van der Waals surface area contributed by atoms with E-state index in [0.29, 0.717) is 5.39 Å². The molecule has 6 rings (SSSR count). The first kappa shape index (κ1) is 34.2. The van der Waals surface area contributed by atoms with E-state index in [4.69, 9.17) is 0 Å². The van der Waals surface area contributed by atoms with Gasteiger partial charge in [0.2, 0.25) is 0 Å². The van der Waals surface area contributed by atoms with Crippen LogP contribution in [0.25, 0.3) is 16.2 Å². The van der Waals surface area contributed by atoms with Gasteiger partial charge < -0.3 is 0 Å². The van der Waals surface area contributed by atoms with Gasteiger partial charge in [-0.1, -0.05) is 0 Å². The zero-order valence-electron chi connectivity index (χ0n) is 27.0. The number of thiophene rings is 2. The molecule has 5 aromatic rings. The first-order valence-corrected chi connectivity index (χ1v) is 20.6. The van der Waals surface area contributed by atoms with Crippen molar-refractivity contribution in [1.29, 1.82) is 0 Å². The van der Waals surface area contributed by atoms with E-state index in [1.54, 1.807) is 17.9 Å². The van der Waals surface area contributed by atoms with Gasteiger partial charge in [0.1, 0.15) is 0 Å². The summed E-state index contributed by atoms with van der Waals surface area (Å²) in [6.07, 6.45) is 11.5. The quantitative estimate of drug-likeness (QED) is 0.0906. The van der Waals surface area contributed by atoms with Crippen LogP contribution in [0.2, 0.25) is 0 Å². The molecule has 1 fully saturated rings. The predicted molar refractivity (Wildman–Crippen MR) is 203 cm³/mol. The summed E-state index contributed by atoms with van der Waals surface area (Å²) < 4.78 is 20.1. The van der Waals surface area contributed by atoms with Gasteiger partial charge in [-0.2, -0.15) is 0 Å². The van der Waals surface area contributed by atoms with Crippen LogP contribution >= 0.6 is 29.9 Å². The molecule has 0 aliphatic heterocycles. The number of hydrogen-bond acceptors (Lipinski definition) is 3. The molecule has 0 N–H and O–H groups in total. The van der Waals surface area contributed by atoms with Gasteiger partial charge in [0.05, 0.1) is 0 Å². The van der Waals surface area contributed by atoms with Crippen LogP contribution in [0.15, 0.2) is 131 Å². The topological polar surface area (TPSA) is 17.1 Å². The minimum absolute atomic E-state index is 0.155. The second-order valence-electron chi connectivity index (χ2n) is 11.4. The Morgan fingerprint density at radius 3 is 1.92 bits per heavy atom. The zero-order chi connectivity index (χ0) is 33.7. The van der Waals surface area contributed by atoms with Gasteiger partial charge in [0, 0.05) is 0 Å². The molecule has 239 valence electrons. The van der Waals surface area contributed by atoms with E-state index >= 15 is 4.39 Å². The normalized spacial score (nSPS) is 15.5. The third-order valence-electron chi connectivity index (χ3n) is 8.54. The number of fused-ring (bicyclic) bond motifs is 1. The Bertz CT molecular complexity index is 2120. The molecule has 2 aromatic heterocycles. The van der Waals surface area contributed by atoms with Crippen molar-refractivity contribution < 1.29 is 27.1 Å². The van der Waals surface area contributed by atoms with Crippen LogP contribution in [0, 0.1) is 22.0 Å². The Morgan fingerprint density at radius 2 is 1.42 bits per heavy atom. The van der Waals surface area contributed by atoms with Crippen molar-refractivity contribution in [3.05, 3.63) is 152 Å². The summed E-state index contributed by atoms with van der Waals surface area (Å²) in [6.45, 7) is 5.45. The van der Waals surface area contributed by atoms with Crippen molar-refractivity contribution in [2.24, 2.45) is 0 Å². The maximum absolute atomic E-state index is 15.6. The number of allylic oxidation sites excluding steroid dienone is 7. The number of carbonyl (C=O) groups excluding carboxylic acids is 1. The number of benzene rings is 3. The first-order valence-electron chi connectivity index (χ1n) is 15.9. The van der Waals surface area contributed by atoms with Crippen molar-refractivity contribution in [2.75, 3.05) is 0 Å². The van der Waals surface area contributed by atoms with Crippen LogP contribution in [-0.2, 0) is 17.9 Å². The van der Waals surface area contributed by atoms with Crippen molar-refractivity contribution in [3.63, 3.8) is 0 Å². The van der Waals surface area contributed by atoms with E-state index in [0.717, 1.165) is 44.6 Å². The fourth-order valence-corrected chi connectivity index (χ4v) is 14.5. The summed E-state index contributed by atoms with van der Waals surface area (Å²) in [5.74, 6) is 6.47. The minimum atomic E-state index is -2.50. The van der Waals surface area contributed by atoms with Crippen LogP contribution in [0.5, 0.6) is 0 Å². The van der Waals surface area contributed by atoms with E-state index in [1.165, 1.54) is 56.7 Å². The molecule has 0 atom stereocenters. The predicted octanol–water partition coefficient (Wildman–Crippen LogP) is 10.5. The Hall–Kier alpha value is -3.71. The van der Waals surface area contributed by atoms with Gasteiger partial charge in [0.25, 0.3) is 0 Å². The van der Waals surface area contributed by atoms with E-state index in [1.807, 2.05) is 19.1 Å². The second-order valence-corrected chi connectivity index (χ2v) is 17.5. The standard InChI is InChI=1S/C42H34FOPS2.Os/c1-5-17-37-39-40(43)41(29(3)44)47-42(39)38(46-37)27-26-32(28-33-19-16-18-31(33)6-2)30(4)45(34-20-10-7-11-21-34,35-22-12-8-13-23-35)36-24-14-9-15-25-36;/h5-15,17,20-25,28H,16,18-19H2,1-3H3;/q+1;/b17-5+,31-6?,32-30?,33-28?;. The average Bonchev–Trinajstić information content (AvgIpc) is 3.82. The molecule has 1 aliphatic carbocycles. The van der Waals surface area contributed by atoms with Crippen LogP contribution < -0.4 is 15.9 Å². The number of Topliss-reactive ketones (excluding diaryl/α,β-unsaturated/α-hetero) is 1. The van der Waals surface area contributed by atoms with Crippen molar-refractivity contribution in [2.45, 2.75) is 40.0 Å². The molecular formula is C42H34FOOsPS2+. The molecule has 1 aliphatic rings. The monoisotopic (exact) mass is 860 g/mol. The van der Waals surface area contributed by atoms with Crippen LogP contribution in [0.1, 0.15) is 59.5 Å². The molecule has 2 heterocycles. The molecular weight excluding hydrogens is 825 g/mol. The molecule has 0 amide bonds. The van der Waals surface area contributed by atoms with Gasteiger partial charge >= 0.3 is 303 Å². The van der Waals surface area contributed by atoms with Crippen LogP contribution in [-0.4, -0.2) is 5.78 Å². The number of rotatable bonds is 7. The van der Waals surface area contributed by atoms with Gasteiger partial charge in [-0.05, 0) is 0 Å². The molecule has 1 nitrogen and oxygen atoms in total. The number of carbonyl (C=O) groups is 1. The Labute approximate surface area is 301 Å². The Morgan fingerprint density at radius 1 is 0.854 bits per heavy atom. The Kier molecular flexibility index (Phi) is 10.8. The van der Waals surface area contributed by atoms with Crippen LogP contribution in [0.4, 0.5) is 4.39 Å². The summed E-state index contributed by atoms with van der Waals surface area (Å²) in [5, 5.41) is 5.25. The van der Waals surface area contributed by atoms with E-state index < -0.39 is 13.1 Å². The first-order chi connectivity index (χ1) is 23.4. The summed E-state index contributed by atoms with van der Waals surface area (Å²) in [7, 11) is -2.50. The zero-order valence-corrected chi connectivity index (χ0v) is 32.1. The third kappa shape index (κ3) is 6.38. The third-order valence-corrected chi connectivity index (χ3v) is 16.4. The summed E-state index contributed by atoms with van der Waals surface area (Å²) in [6, 6.07) is 32.3. The second kappa shape index (κ2) is 15.2. The van der Waals surface area contributed by atoms with E-state index in [2.05, 4.69) is 126 Å². The molecule has 0 saturated heterocycles. The number of hydrogen-bond donors (Lipinski definition) is 0. The number of halogens is 1. The Balaban J connectivity index is 1.74. The van der Waals surface area contributed by atoms with E-state index in [9.17, 15) is 4.79 Å². The van der Waals surface area contributed by atoms with Gasteiger partial charge in [-0.25, -0.2) is 0 Å². The molecule has 48 heavy (non-hydrogen) atoms. The van der Waals surface area contributed by atoms with Gasteiger partial charge in [-0.3, -0.25) is 0 Å². The molecule has 0 unspecified atom stereocenters. The SMILES string of the molecule is CC=C1CCCC1=CC(C#Cc1sc(/C=C/C)c2c(F)c(C(C)=O)sc12)=C([C]#[Os])[P+](c1ccccc1)(c1ccccc1)c1ccccc1. The molecule has 1 saturated carbocycles. The maximum atomic E-state index is 15.6. The molecule has 3 aromatic carbocycles. The summed E-state index contributed by atoms with van der Waals surface area (Å²) in [4.78, 5) is 14.1. The van der Waals surface area contributed by atoms with Gasteiger partial charge in [0.15, 0.2) is 0 Å². The van der Waals surface area contributed by atoms with Crippen molar-refractivity contribution in [1.82, 2.24) is 0 Å². The van der Waals surface area contributed by atoms with E-state index in [-0.39, 0.29) is 10.7 Å². The molecule has 6 heteroatoms. The summed E-state index contributed by atoms with van der Waals surface area (Å²) >= 11 is 4.43. The average molecular weight is 859 g/mol. The van der Waals surface area contributed by atoms with Gasteiger partial charge in [-0.15, -0.1) is 0 Å². The molecule has 0 radical (unpaired) electrons. The molecule has 0 bridgehead atoms. The number of ketones is 1.